The molecular formula is C23H31N7O7. The van der Waals surface area contributed by atoms with E-state index >= 15 is 0 Å². The van der Waals surface area contributed by atoms with E-state index in [1.54, 1.807) is 12.3 Å². The van der Waals surface area contributed by atoms with E-state index in [2.05, 4.69) is 20.9 Å². The van der Waals surface area contributed by atoms with Crippen molar-refractivity contribution in [3.8, 4) is 0 Å². The number of carbonyl (C=O) groups excluding carboxylic acids is 5. The third kappa shape index (κ3) is 8.61. The highest BCUT2D eigenvalue weighted by Crippen LogP contribution is 2.19. The molecule has 0 saturated heterocycles. The molecule has 0 aliphatic rings. The van der Waals surface area contributed by atoms with Crippen molar-refractivity contribution in [3.05, 3.63) is 36.0 Å². The van der Waals surface area contributed by atoms with Crippen LogP contribution in [0.1, 0.15) is 31.7 Å². The number of aromatic nitrogens is 1. The van der Waals surface area contributed by atoms with Crippen molar-refractivity contribution in [3.63, 3.8) is 0 Å². The topological polar surface area (TPSA) is 253 Å². The molecule has 2 aromatic rings. The van der Waals surface area contributed by atoms with Gasteiger partial charge in [-0.05, 0) is 25.0 Å². The molecule has 0 aliphatic carbocycles. The van der Waals surface area contributed by atoms with Gasteiger partial charge in [0, 0.05) is 29.9 Å². The highest BCUT2D eigenvalue weighted by atomic mass is 16.4. The number of carboxylic acids is 1. The van der Waals surface area contributed by atoms with E-state index in [0.29, 0.717) is 5.56 Å². The minimum atomic E-state index is -1.34. The van der Waals surface area contributed by atoms with E-state index in [1.165, 1.54) is 6.92 Å². The minimum absolute atomic E-state index is 0.0222. The second kappa shape index (κ2) is 13.0. The zero-order valence-electron chi connectivity index (χ0n) is 20.2. The fourth-order valence-corrected chi connectivity index (χ4v) is 3.52. The molecule has 0 saturated carbocycles. The number of carbonyl (C=O) groups is 6. The Morgan fingerprint density at radius 1 is 0.919 bits per heavy atom. The lowest BCUT2D eigenvalue weighted by molar-refractivity contribution is -0.141. The predicted molar refractivity (Wildman–Crippen MR) is 131 cm³/mol. The van der Waals surface area contributed by atoms with Gasteiger partial charge in [-0.3, -0.25) is 28.8 Å². The molecule has 1 heterocycles. The Morgan fingerprint density at radius 3 is 2.16 bits per heavy atom. The van der Waals surface area contributed by atoms with Crippen molar-refractivity contribution in [2.75, 3.05) is 0 Å². The molecule has 37 heavy (non-hydrogen) atoms. The molecule has 0 radical (unpaired) electrons. The van der Waals surface area contributed by atoms with Crippen LogP contribution in [0, 0.1) is 0 Å². The minimum Gasteiger partial charge on any atom is -0.480 e. The summed E-state index contributed by atoms with van der Waals surface area (Å²) in [5, 5.41) is 17.1. The summed E-state index contributed by atoms with van der Waals surface area (Å²) in [6.07, 6.45) is 0.662. The van der Waals surface area contributed by atoms with E-state index in [1.807, 2.05) is 18.2 Å². The molecule has 0 spiro atoms. The molecule has 4 unspecified atom stereocenters. The molecule has 0 fully saturated rings. The van der Waals surface area contributed by atoms with E-state index in [4.69, 9.17) is 17.2 Å². The number of primary amides is 2. The van der Waals surface area contributed by atoms with E-state index in [0.717, 1.165) is 10.9 Å². The highest BCUT2D eigenvalue weighted by Gasteiger charge is 2.30. The number of nitrogens with two attached hydrogens (primary N) is 3. The van der Waals surface area contributed by atoms with Gasteiger partial charge in [-0.2, -0.15) is 0 Å². The van der Waals surface area contributed by atoms with Gasteiger partial charge in [0.15, 0.2) is 0 Å². The number of H-pyrrole nitrogens is 1. The van der Waals surface area contributed by atoms with Gasteiger partial charge >= 0.3 is 5.97 Å². The predicted octanol–water partition coefficient (Wildman–Crippen LogP) is -2.26. The molecule has 0 aliphatic heterocycles. The number of nitrogens with one attached hydrogen (secondary N) is 4. The van der Waals surface area contributed by atoms with Gasteiger partial charge in [-0.1, -0.05) is 18.2 Å². The number of benzene rings is 1. The van der Waals surface area contributed by atoms with Crippen LogP contribution in [0.2, 0.25) is 0 Å². The maximum Gasteiger partial charge on any atom is 0.325 e. The van der Waals surface area contributed by atoms with E-state index in [9.17, 15) is 33.9 Å². The largest absolute Gasteiger partial charge is 0.480 e. The summed E-state index contributed by atoms with van der Waals surface area (Å²) in [5.41, 5.74) is 17.3. The fourth-order valence-electron chi connectivity index (χ4n) is 3.52. The molecule has 200 valence electrons. The highest BCUT2D eigenvalue weighted by molar-refractivity contribution is 5.95. The van der Waals surface area contributed by atoms with Gasteiger partial charge in [-0.25, -0.2) is 0 Å². The first-order valence-corrected chi connectivity index (χ1v) is 11.4. The third-order valence-corrected chi connectivity index (χ3v) is 5.53. The maximum atomic E-state index is 13.1. The molecule has 14 heteroatoms. The average Bonchev–Trinajstić information content (AvgIpc) is 3.23. The summed E-state index contributed by atoms with van der Waals surface area (Å²) >= 11 is 0. The molecule has 14 nitrogen and oxygen atoms in total. The van der Waals surface area contributed by atoms with Gasteiger partial charge < -0.3 is 43.2 Å². The normalized spacial score (nSPS) is 14.1. The smallest absolute Gasteiger partial charge is 0.325 e. The van der Waals surface area contributed by atoms with Crippen LogP contribution in [0.25, 0.3) is 10.9 Å². The molecule has 2 rings (SSSR count). The van der Waals surface area contributed by atoms with Crippen LogP contribution in [0.5, 0.6) is 0 Å². The van der Waals surface area contributed by atoms with Crippen molar-refractivity contribution >= 4 is 46.4 Å². The van der Waals surface area contributed by atoms with E-state index < -0.39 is 66.1 Å². The number of aromatic amines is 1. The summed E-state index contributed by atoms with van der Waals surface area (Å²) in [4.78, 5) is 75.2. The quantitative estimate of drug-likeness (QED) is 0.135. The second-order valence-corrected chi connectivity index (χ2v) is 8.54. The zero-order chi connectivity index (χ0) is 27.7. The number of amides is 5. The number of carboxylic acid groups (broad SMARTS) is 1. The third-order valence-electron chi connectivity index (χ3n) is 5.53. The van der Waals surface area contributed by atoms with Crippen LogP contribution < -0.4 is 33.2 Å². The second-order valence-electron chi connectivity index (χ2n) is 8.54. The lowest BCUT2D eigenvalue weighted by Gasteiger charge is -2.24. The standard InChI is InChI=1S/C23H31N7O7/c1-11(23(36)37)28-22(35)17(8-12-10-27-15-5-3-2-4-13(12)15)30-21(34)16(6-7-18(25)31)29-20(33)14(24)9-19(26)32/h2-5,10-11,14,16-17,27H,6-9,24H2,1H3,(H2,25,31)(H2,26,32)(H,28,35)(H,29,33)(H,30,34)(H,36,37). The zero-order valence-corrected chi connectivity index (χ0v) is 20.2. The summed E-state index contributed by atoms with van der Waals surface area (Å²) in [6.45, 7) is 1.26. The number of fused-ring (bicyclic) bond motifs is 1. The van der Waals surface area contributed by atoms with Gasteiger partial charge in [-0.15, -0.1) is 0 Å². The number of hydrogen-bond donors (Lipinski definition) is 8. The Labute approximate surface area is 211 Å². The monoisotopic (exact) mass is 517 g/mol. The summed E-state index contributed by atoms with van der Waals surface area (Å²) in [7, 11) is 0. The van der Waals surface area contributed by atoms with Crippen molar-refractivity contribution in [1.29, 1.82) is 0 Å². The van der Waals surface area contributed by atoms with Crippen molar-refractivity contribution in [1.82, 2.24) is 20.9 Å². The molecule has 11 N–H and O–H groups in total. The molecule has 5 amide bonds. The molecule has 4 atom stereocenters. The van der Waals surface area contributed by atoms with E-state index in [-0.39, 0.29) is 19.3 Å². The average molecular weight is 518 g/mol. The van der Waals surface area contributed by atoms with Crippen LogP contribution in [-0.4, -0.2) is 69.8 Å². The van der Waals surface area contributed by atoms with Crippen LogP contribution in [-0.2, 0) is 35.2 Å². The SMILES string of the molecule is CC(NC(=O)C(Cc1c[nH]c2ccccc12)NC(=O)C(CCC(N)=O)NC(=O)C(N)CC(N)=O)C(=O)O. The number of rotatable bonds is 14. The first-order chi connectivity index (χ1) is 17.4. The first kappa shape index (κ1) is 28.8. The number of aliphatic carboxylic acids is 1. The number of hydrogen-bond acceptors (Lipinski definition) is 7. The summed E-state index contributed by atoms with van der Waals surface area (Å²) in [5.74, 6) is -5.34. The summed E-state index contributed by atoms with van der Waals surface area (Å²) in [6, 6.07) is 2.07. The first-order valence-electron chi connectivity index (χ1n) is 11.4. The summed E-state index contributed by atoms with van der Waals surface area (Å²) < 4.78 is 0. The van der Waals surface area contributed by atoms with Crippen LogP contribution >= 0.6 is 0 Å². The lowest BCUT2D eigenvalue weighted by Crippen LogP contribution is -2.57. The van der Waals surface area contributed by atoms with Crippen LogP contribution in [0.4, 0.5) is 0 Å². The van der Waals surface area contributed by atoms with Crippen molar-refractivity contribution < 1.29 is 33.9 Å². The lowest BCUT2D eigenvalue weighted by atomic mass is 10.0. The Bertz CT molecular complexity index is 1180. The maximum absolute atomic E-state index is 13.1. The fraction of sp³-hybridized carbons (Fsp3) is 0.391. The van der Waals surface area contributed by atoms with Gasteiger partial charge in [0.25, 0.3) is 0 Å². The molecule has 1 aromatic carbocycles. The number of para-hydroxylation sites is 1. The Morgan fingerprint density at radius 2 is 1.54 bits per heavy atom. The van der Waals surface area contributed by atoms with Crippen molar-refractivity contribution in [2.45, 2.75) is 56.8 Å². The van der Waals surface area contributed by atoms with Crippen LogP contribution in [0.15, 0.2) is 30.5 Å². The van der Waals surface area contributed by atoms with Gasteiger partial charge in [0.05, 0.1) is 12.5 Å². The molecular weight excluding hydrogens is 486 g/mol. The van der Waals surface area contributed by atoms with Crippen molar-refractivity contribution in [2.24, 2.45) is 17.2 Å². The van der Waals surface area contributed by atoms with Gasteiger partial charge in [0.2, 0.25) is 29.5 Å². The Balaban J connectivity index is 2.28. The molecule has 1 aromatic heterocycles. The Kier molecular flexibility index (Phi) is 10.1. The Hall–Kier alpha value is -4.46. The van der Waals surface area contributed by atoms with Crippen LogP contribution in [0.3, 0.4) is 0 Å². The molecule has 0 bridgehead atoms. The van der Waals surface area contributed by atoms with Gasteiger partial charge in [0.1, 0.15) is 18.1 Å².